The molecule has 1 saturated heterocycles. The number of fused-ring (bicyclic) bond motifs is 1. The van der Waals surface area contributed by atoms with Gasteiger partial charge >= 0.3 is 5.97 Å². The smallest absolute Gasteiger partial charge is 0.309 e. The number of halogens is 1. The normalized spacial score (nSPS) is 36.5. The lowest BCUT2D eigenvalue weighted by molar-refractivity contribution is -0.168. The molecule has 0 radical (unpaired) electrons. The summed E-state index contributed by atoms with van der Waals surface area (Å²) >= 11 is 5.93. The molecule has 4 bridgehead atoms. The molecule has 1 aromatic rings. The number of anilines is 1. The molecule has 8 heteroatoms. The van der Waals surface area contributed by atoms with Crippen molar-refractivity contribution >= 4 is 29.2 Å². The van der Waals surface area contributed by atoms with Crippen LogP contribution >= 0.6 is 11.6 Å². The Morgan fingerprint density at radius 2 is 1.91 bits per heavy atom. The monoisotopic (exact) mass is 484 g/mol. The molecule has 34 heavy (non-hydrogen) atoms. The van der Waals surface area contributed by atoms with Gasteiger partial charge in [0.1, 0.15) is 5.15 Å². The molecule has 5 fully saturated rings. The number of hydrogen-bond donors (Lipinski definition) is 2. The van der Waals surface area contributed by atoms with Crippen LogP contribution in [0.5, 0.6) is 0 Å². The highest BCUT2D eigenvalue weighted by Crippen LogP contribution is 2.60. The van der Waals surface area contributed by atoms with E-state index in [2.05, 4.69) is 26.3 Å². The van der Waals surface area contributed by atoms with E-state index in [0.717, 1.165) is 57.4 Å². The van der Waals surface area contributed by atoms with E-state index in [0.29, 0.717) is 28.8 Å². The SMILES string of the molecule is CC(C)(C(=O)NC1C2CC3CC1CC(C(=O)O)(C3)C2)N1CC2=CN(c3ccc(Cl)nc3)CC2C1. The predicted molar refractivity (Wildman–Crippen MR) is 129 cm³/mol. The van der Waals surface area contributed by atoms with Crippen LogP contribution in [0.15, 0.2) is 30.1 Å². The van der Waals surface area contributed by atoms with Crippen LogP contribution in [0.2, 0.25) is 5.15 Å². The van der Waals surface area contributed by atoms with Gasteiger partial charge in [-0.15, -0.1) is 0 Å². The lowest BCUT2D eigenvalue weighted by Crippen LogP contribution is -2.64. The summed E-state index contributed by atoms with van der Waals surface area (Å²) in [6, 6.07) is 3.92. The largest absolute Gasteiger partial charge is 0.481 e. The molecule has 2 aliphatic heterocycles. The number of carboxylic acids is 1. The van der Waals surface area contributed by atoms with Crippen molar-refractivity contribution in [2.75, 3.05) is 24.5 Å². The number of carboxylic acid groups (broad SMARTS) is 1. The molecule has 1 amide bonds. The van der Waals surface area contributed by atoms with Gasteiger partial charge in [-0.05, 0) is 81.4 Å². The molecule has 3 atom stereocenters. The fourth-order valence-corrected chi connectivity index (χ4v) is 7.86. The quantitative estimate of drug-likeness (QED) is 0.622. The number of rotatable bonds is 5. The lowest BCUT2D eigenvalue weighted by atomic mass is 9.48. The number of amides is 1. The molecular formula is C26H33ClN4O3. The molecule has 7 rings (SSSR count). The van der Waals surface area contributed by atoms with Crippen LogP contribution in [0.25, 0.3) is 0 Å². The number of nitrogens with zero attached hydrogens (tertiary/aromatic N) is 3. The maximum Gasteiger partial charge on any atom is 0.309 e. The summed E-state index contributed by atoms with van der Waals surface area (Å²) in [6.07, 6.45) is 8.39. The number of likely N-dealkylation sites (tertiary alicyclic amines) is 1. The highest BCUT2D eigenvalue weighted by atomic mass is 35.5. The van der Waals surface area contributed by atoms with Gasteiger partial charge in [0.15, 0.2) is 0 Å². The Bertz CT molecular complexity index is 1040. The molecular weight excluding hydrogens is 452 g/mol. The average Bonchev–Trinajstić information content (AvgIpc) is 3.36. The summed E-state index contributed by atoms with van der Waals surface area (Å²) in [4.78, 5) is 34.3. The van der Waals surface area contributed by atoms with Gasteiger partial charge in [0.2, 0.25) is 5.91 Å². The topological polar surface area (TPSA) is 85.8 Å². The molecule has 0 spiro atoms. The Hall–Kier alpha value is -2.12. The minimum atomic E-state index is -0.627. The number of carbonyl (C=O) groups is 2. The Balaban J connectivity index is 1.12. The summed E-state index contributed by atoms with van der Waals surface area (Å²) in [5, 5.41) is 13.8. The van der Waals surface area contributed by atoms with E-state index >= 15 is 0 Å². The molecule has 0 aromatic carbocycles. The Morgan fingerprint density at radius 3 is 2.53 bits per heavy atom. The first-order chi connectivity index (χ1) is 16.1. The number of aromatic nitrogens is 1. The fraction of sp³-hybridized carbons (Fsp3) is 0.654. The van der Waals surface area contributed by atoms with Gasteiger partial charge in [0.25, 0.3) is 0 Å². The molecule has 4 aliphatic carbocycles. The number of nitrogens with one attached hydrogen (secondary N) is 1. The first-order valence-corrected chi connectivity index (χ1v) is 12.9. The molecule has 2 N–H and O–H groups in total. The van der Waals surface area contributed by atoms with Crippen molar-refractivity contribution in [2.24, 2.45) is 29.1 Å². The van der Waals surface area contributed by atoms with Crippen LogP contribution in [-0.4, -0.2) is 58.1 Å². The zero-order valence-corrected chi connectivity index (χ0v) is 20.6. The van der Waals surface area contributed by atoms with Crippen molar-refractivity contribution in [2.45, 2.75) is 57.5 Å². The van der Waals surface area contributed by atoms with Gasteiger partial charge in [-0.25, -0.2) is 4.98 Å². The van der Waals surface area contributed by atoms with Crippen LogP contribution in [0.4, 0.5) is 5.69 Å². The number of hydrogen-bond acceptors (Lipinski definition) is 5. The predicted octanol–water partition coefficient (Wildman–Crippen LogP) is 3.55. The van der Waals surface area contributed by atoms with Gasteiger partial charge in [-0.2, -0.15) is 0 Å². The van der Waals surface area contributed by atoms with E-state index in [9.17, 15) is 14.7 Å². The molecule has 3 heterocycles. The van der Waals surface area contributed by atoms with E-state index in [1.54, 1.807) is 6.20 Å². The number of pyridine rings is 1. The summed E-state index contributed by atoms with van der Waals surface area (Å²) < 4.78 is 0. The van der Waals surface area contributed by atoms with Crippen LogP contribution in [0.1, 0.15) is 46.0 Å². The highest BCUT2D eigenvalue weighted by Gasteiger charge is 2.59. The van der Waals surface area contributed by atoms with E-state index in [1.165, 1.54) is 5.57 Å². The minimum Gasteiger partial charge on any atom is -0.481 e. The molecule has 7 nitrogen and oxygen atoms in total. The van der Waals surface area contributed by atoms with Crippen molar-refractivity contribution in [1.29, 1.82) is 0 Å². The van der Waals surface area contributed by atoms with E-state index in [1.807, 2.05) is 26.0 Å². The molecule has 182 valence electrons. The summed E-state index contributed by atoms with van der Waals surface area (Å²) in [7, 11) is 0. The lowest BCUT2D eigenvalue weighted by Gasteiger charge is -2.58. The van der Waals surface area contributed by atoms with Crippen molar-refractivity contribution in [3.63, 3.8) is 0 Å². The maximum atomic E-state index is 13.6. The van der Waals surface area contributed by atoms with Crippen molar-refractivity contribution < 1.29 is 14.7 Å². The summed E-state index contributed by atoms with van der Waals surface area (Å²) in [6.45, 7) is 6.58. The second-order valence-electron chi connectivity index (χ2n) is 11.9. The Labute approximate surface area is 205 Å². The van der Waals surface area contributed by atoms with Crippen LogP contribution in [0.3, 0.4) is 0 Å². The number of aliphatic carboxylic acids is 1. The fourth-order valence-electron chi connectivity index (χ4n) is 7.75. The van der Waals surface area contributed by atoms with Crippen molar-refractivity contribution in [3.05, 3.63) is 35.3 Å². The molecule has 4 saturated carbocycles. The third-order valence-corrected chi connectivity index (χ3v) is 9.72. The summed E-state index contributed by atoms with van der Waals surface area (Å²) in [5.41, 5.74) is 1.24. The highest BCUT2D eigenvalue weighted by molar-refractivity contribution is 6.29. The van der Waals surface area contributed by atoms with Gasteiger partial charge < -0.3 is 15.3 Å². The zero-order chi connectivity index (χ0) is 23.8. The second-order valence-corrected chi connectivity index (χ2v) is 12.3. The standard InChI is InChI=1S/C26H33ClN4O3/c1-25(2,31-13-18-11-30(12-19(18)14-31)20-3-4-21(27)28-10-20)23(32)29-22-16-5-15-6-17(22)9-26(7-15,8-16)24(33)34/h3-4,10-11,15-17,19,22H,5-9,12-14H2,1-2H3,(H,29,32)(H,33,34). The first-order valence-electron chi connectivity index (χ1n) is 12.5. The zero-order valence-electron chi connectivity index (χ0n) is 19.8. The number of carbonyl (C=O) groups excluding carboxylic acids is 1. The Morgan fingerprint density at radius 1 is 1.18 bits per heavy atom. The average molecular weight is 485 g/mol. The van der Waals surface area contributed by atoms with Crippen molar-refractivity contribution in [1.82, 2.24) is 15.2 Å². The van der Waals surface area contributed by atoms with Gasteiger partial charge in [-0.1, -0.05) is 11.6 Å². The first kappa shape index (κ1) is 22.4. The third-order valence-electron chi connectivity index (χ3n) is 9.49. The van der Waals surface area contributed by atoms with Crippen molar-refractivity contribution in [3.8, 4) is 0 Å². The van der Waals surface area contributed by atoms with E-state index < -0.39 is 16.9 Å². The van der Waals surface area contributed by atoms with Crippen LogP contribution in [-0.2, 0) is 9.59 Å². The third kappa shape index (κ3) is 3.46. The minimum absolute atomic E-state index is 0.0775. The molecule has 6 aliphatic rings. The van der Waals surface area contributed by atoms with E-state index in [-0.39, 0.29) is 11.9 Å². The van der Waals surface area contributed by atoms with Crippen LogP contribution in [0, 0.1) is 29.1 Å². The summed E-state index contributed by atoms with van der Waals surface area (Å²) in [5.74, 6) is 0.956. The molecule has 3 unspecified atom stereocenters. The van der Waals surface area contributed by atoms with Gasteiger partial charge in [-0.3, -0.25) is 14.5 Å². The Kier molecular flexibility index (Phi) is 5.05. The molecule has 1 aromatic heterocycles. The maximum absolute atomic E-state index is 13.6. The van der Waals surface area contributed by atoms with Gasteiger partial charge in [0.05, 0.1) is 22.8 Å². The van der Waals surface area contributed by atoms with Gasteiger partial charge in [0, 0.05) is 37.8 Å². The van der Waals surface area contributed by atoms with Crippen LogP contribution < -0.4 is 10.2 Å². The van der Waals surface area contributed by atoms with E-state index in [4.69, 9.17) is 11.6 Å². The second kappa shape index (κ2) is 7.69.